The van der Waals surface area contributed by atoms with Gasteiger partial charge in [-0.05, 0) is 70.6 Å². The van der Waals surface area contributed by atoms with Gasteiger partial charge in [-0.1, -0.05) is 68.4 Å². The van der Waals surface area contributed by atoms with Crippen molar-refractivity contribution in [1.82, 2.24) is 0 Å². The summed E-state index contributed by atoms with van der Waals surface area (Å²) in [5.74, 6) is -1.89. The molecule has 0 saturated heterocycles. The minimum atomic E-state index is -4.62. The van der Waals surface area contributed by atoms with Gasteiger partial charge < -0.3 is 10.8 Å². The molecule has 4 nitrogen and oxygen atoms in total. The van der Waals surface area contributed by atoms with Crippen LogP contribution in [0.1, 0.15) is 90.4 Å². The van der Waals surface area contributed by atoms with Crippen molar-refractivity contribution < 1.29 is 31.9 Å². The maximum absolute atomic E-state index is 13.2. The van der Waals surface area contributed by atoms with Crippen LogP contribution in [0.3, 0.4) is 0 Å². The zero-order chi connectivity index (χ0) is 28.0. The SMILES string of the molecule is CCCCC/C=C/C/C=C/C/C=C/C/C=C/CCCCC(=NCCCC(N)(C(=O)O)C(F)F)C(F)(F)F. The van der Waals surface area contributed by atoms with Gasteiger partial charge in [0.2, 0.25) is 0 Å². The van der Waals surface area contributed by atoms with Crippen LogP contribution in [0.15, 0.2) is 53.6 Å². The molecule has 212 valence electrons. The molecule has 9 heteroatoms. The average Bonchev–Trinajstić information content (AvgIpc) is 2.83. The van der Waals surface area contributed by atoms with Gasteiger partial charge in [0.25, 0.3) is 6.43 Å². The number of allylic oxidation sites excluding steroid dienone is 8. The number of hydrogen-bond donors (Lipinski definition) is 2. The molecule has 0 fully saturated rings. The molecule has 0 aliphatic rings. The first-order valence-corrected chi connectivity index (χ1v) is 13.1. The highest BCUT2D eigenvalue weighted by Crippen LogP contribution is 2.23. The van der Waals surface area contributed by atoms with Crippen LogP contribution in [0.2, 0.25) is 0 Å². The van der Waals surface area contributed by atoms with Crippen molar-refractivity contribution in [1.29, 1.82) is 0 Å². The molecule has 0 spiro atoms. The number of carboxylic acids is 1. The third-order valence-electron chi connectivity index (χ3n) is 5.66. The van der Waals surface area contributed by atoms with Gasteiger partial charge in [-0.2, -0.15) is 13.2 Å². The van der Waals surface area contributed by atoms with Crippen LogP contribution >= 0.6 is 0 Å². The lowest BCUT2D eigenvalue weighted by atomic mass is 9.95. The van der Waals surface area contributed by atoms with E-state index in [0.29, 0.717) is 12.8 Å². The van der Waals surface area contributed by atoms with Crippen molar-refractivity contribution in [3.63, 3.8) is 0 Å². The fourth-order valence-electron chi connectivity index (χ4n) is 3.32. The Morgan fingerprint density at radius 3 is 1.76 bits per heavy atom. The van der Waals surface area contributed by atoms with E-state index in [1.165, 1.54) is 19.3 Å². The molecule has 0 amide bonds. The lowest BCUT2D eigenvalue weighted by molar-refractivity contribution is -0.150. The number of carbonyl (C=O) groups is 1. The molecule has 0 bridgehead atoms. The summed E-state index contributed by atoms with van der Waals surface area (Å²) < 4.78 is 65.1. The third kappa shape index (κ3) is 17.7. The molecule has 0 heterocycles. The van der Waals surface area contributed by atoms with E-state index in [1.807, 2.05) is 18.2 Å². The van der Waals surface area contributed by atoms with Crippen molar-refractivity contribution in [3.05, 3.63) is 48.6 Å². The smallest absolute Gasteiger partial charge is 0.429 e. The first kappa shape index (κ1) is 34.7. The Morgan fingerprint density at radius 1 is 0.838 bits per heavy atom. The van der Waals surface area contributed by atoms with Crippen LogP contribution in [-0.2, 0) is 4.79 Å². The van der Waals surface area contributed by atoms with E-state index in [0.717, 1.165) is 25.7 Å². The molecule has 0 radical (unpaired) electrons. The number of aliphatic carboxylic acids is 1. The number of nitrogens with zero attached hydrogens (tertiary/aromatic N) is 1. The van der Waals surface area contributed by atoms with E-state index in [-0.39, 0.29) is 19.3 Å². The van der Waals surface area contributed by atoms with Crippen molar-refractivity contribution >= 4 is 11.7 Å². The van der Waals surface area contributed by atoms with Gasteiger partial charge in [0.15, 0.2) is 5.54 Å². The summed E-state index contributed by atoms with van der Waals surface area (Å²) >= 11 is 0. The van der Waals surface area contributed by atoms with E-state index in [4.69, 9.17) is 10.8 Å². The van der Waals surface area contributed by atoms with Crippen molar-refractivity contribution in [2.75, 3.05) is 6.54 Å². The zero-order valence-electron chi connectivity index (χ0n) is 21.9. The van der Waals surface area contributed by atoms with Crippen LogP contribution < -0.4 is 5.73 Å². The topological polar surface area (TPSA) is 75.7 Å². The molecule has 0 rings (SSSR count). The van der Waals surface area contributed by atoms with Gasteiger partial charge >= 0.3 is 12.1 Å². The maximum atomic E-state index is 13.2. The molecule has 1 unspecified atom stereocenters. The Morgan fingerprint density at radius 2 is 1.32 bits per heavy atom. The van der Waals surface area contributed by atoms with Crippen LogP contribution in [0.5, 0.6) is 0 Å². The van der Waals surface area contributed by atoms with Crippen LogP contribution in [0.25, 0.3) is 0 Å². The van der Waals surface area contributed by atoms with Crippen molar-refractivity contribution in [2.45, 2.75) is 109 Å². The Bertz CT molecular complexity index is 758. The Hall–Kier alpha value is -2.29. The van der Waals surface area contributed by atoms with Crippen molar-refractivity contribution in [3.8, 4) is 0 Å². The van der Waals surface area contributed by atoms with Gasteiger partial charge in [0.1, 0.15) is 5.71 Å². The molecular formula is C28H43F5N2O2. The van der Waals surface area contributed by atoms with Crippen LogP contribution in [0, 0.1) is 0 Å². The summed E-state index contributed by atoms with van der Waals surface area (Å²) in [5, 5.41) is 8.83. The summed E-state index contributed by atoms with van der Waals surface area (Å²) in [6, 6.07) is 0. The Kier molecular flexibility index (Phi) is 19.4. The fourth-order valence-corrected chi connectivity index (χ4v) is 3.32. The molecule has 0 aromatic heterocycles. The average molecular weight is 535 g/mol. The van der Waals surface area contributed by atoms with E-state index >= 15 is 0 Å². The van der Waals surface area contributed by atoms with Crippen LogP contribution in [0.4, 0.5) is 22.0 Å². The van der Waals surface area contributed by atoms with Gasteiger partial charge in [0, 0.05) is 6.54 Å². The van der Waals surface area contributed by atoms with Gasteiger partial charge in [-0.25, -0.2) is 13.6 Å². The molecule has 0 aliphatic carbocycles. The summed E-state index contributed by atoms with van der Waals surface area (Å²) in [6.45, 7) is 1.78. The molecule has 1 atom stereocenters. The largest absolute Gasteiger partial charge is 0.480 e. The van der Waals surface area contributed by atoms with Gasteiger partial charge in [-0.3, -0.25) is 4.99 Å². The normalized spacial score (nSPS) is 15.2. The number of hydrogen-bond acceptors (Lipinski definition) is 3. The Balaban J connectivity index is 4.15. The molecule has 37 heavy (non-hydrogen) atoms. The monoisotopic (exact) mass is 534 g/mol. The fraction of sp³-hybridized carbons (Fsp3) is 0.643. The molecule has 0 aliphatic heterocycles. The molecule has 0 saturated carbocycles. The predicted octanol–water partition coefficient (Wildman–Crippen LogP) is 8.35. The summed E-state index contributed by atoms with van der Waals surface area (Å²) in [4.78, 5) is 14.4. The first-order valence-electron chi connectivity index (χ1n) is 13.1. The number of rotatable bonds is 21. The zero-order valence-corrected chi connectivity index (χ0v) is 21.9. The molecule has 0 aromatic carbocycles. The predicted molar refractivity (Wildman–Crippen MR) is 141 cm³/mol. The minimum Gasteiger partial charge on any atom is -0.480 e. The molecular weight excluding hydrogens is 491 g/mol. The second-order valence-electron chi connectivity index (χ2n) is 8.91. The number of alkyl halides is 5. The molecule has 3 N–H and O–H groups in total. The highest BCUT2D eigenvalue weighted by molar-refractivity contribution is 5.89. The third-order valence-corrected chi connectivity index (χ3v) is 5.66. The molecule has 0 aromatic rings. The number of carboxylic acid groups (broad SMARTS) is 1. The van der Waals surface area contributed by atoms with E-state index in [9.17, 15) is 26.7 Å². The second kappa shape index (κ2) is 20.7. The quantitative estimate of drug-likeness (QED) is 0.0672. The van der Waals surface area contributed by atoms with Gasteiger partial charge in [-0.15, -0.1) is 0 Å². The second-order valence-corrected chi connectivity index (χ2v) is 8.91. The lowest BCUT2D eigenvalue weighted by Crippen LogP contribution is -2.54. The van der Waals surface area contributed by atoms with E-state index in [2.05, 4.69) is 42.3 Å². The highest BCUT2D eigenvalue weighted by Gasteiger charge is 2.43. The van der Waals surface area contributed by atoms with E-state index < -0.39 is 42.8 Å². The lowest BCUT2D eigenvalue weighted by Gasteiger charge is -2.23. The van der Waals surface area contributed by atoms with Crippen molar-refractivity contribution in [2.24, 2.45) is 10.7 Å². The highest BCUT2D eigenvalue weighted by atomic mass is 19.4. The number of nitrogens with two attached hydrogens (primary N) is 1. The number of unbranched alkanes of at least 4 members (excludes halogenated alkanes) is 5. The summed E-state index contributed by atoms with van der Waals surface area (Å²) in [6.07, 6.45) is 16.5. The number of halogens is 5. The van der Waals surface area contributed by atoms with E-state index in [1.54, 1.807) is 0 Å². The van der Waals surface area contributed by atoms with Crippen LogP contribution in [-0.4, -0.2) is 41.5 Å². The summed E-state index contributed by atoms with van der Waals surface area (Å²) in [5.41, 5.74) is 1.42. The maximum Gasteiger partial charge on any atom is 0.429 e. The summed E-state index contributed by atoms with van der Waals surface area (Å²) in [7, 11) is 0. The number of aliphatic imine (C=N–C) groups is 1. The van der Waals surface area contributed by atoms with Gasteiger partial charge in [0.05, 0.1) is 0 Å². The first-order chi connectivity index (χ1) is 17.6. The minimum absolute atomic E-state index is 0.279. The standard InChI is InChI=1S/C28H43F5N2O2/c1-2-3-4-5-6-7-8-9-10-11-12-13-14-15-16-17-18-19-21-24(28(31,32)33)35-23-20-22-27(34,25(29)30)26(36)37/h6-7,9-10,12-13,15-16,25H,2-5,8,11,14,17-23,34H2,1H3,(H,36,37)/b7-6+,10-9+,13-12+,16-15+,35-24?. The Labute approximate surface area is 218 Å².